The van der Waals surface area contributed by atoms with Crippen LogP contribution in [-0.2, 0) is 9.84 Å². The second-order valence-electron chi connectivity index (χ2n) is 4.87. The van der Waals surface area contributed by atoms with Crippen LogP contribution in [0.15, 0.2) is 24.4 Å². The van der Waals surface area contributed by atoms with Gasteiger partial charge < -0.3 is 4.74 Å². The molecule has 5 nitrogen and oxygen atoms in total. The molecule has 102 valence electrons. The zero-order valence-corrected chi connectivity index (χ0v) is 11.6. The predicted molar refractivity (Wildman–Crippen MR) is 72.4 cm³/mol. The quantitative estimate of drug-likeness (QED) is 0.839. The Morgan fingerprint density at radius 1 is 1.32 bits per heavy atom. The van der Waals surface area contributed by atoms with Crippen LogP contribution in [0.3, 0.4) is 0 Å². The van der Waals surface area contributed by atoms with Crippen LogP contribution in [-0.4, -0.2) is 36.4 Å². The van der Waals surface area contributed by atoms with Crippen molar-refractivity contribution in [3.05, 3.63) is 30.2 Å². The number of ether oxygens (including phenoxy) is 1. The Morgan fingerprint density at radius 3 is 2.74 bits per heavy atom. The summed E-state index contributed by atoms with van der Waals surface area (Å²) >= 11 is 0. The number of hydrogen-bond acceptors (Lipinski definition) is 4. The summed E-state index contributed by atoms with van der Waals surface area (Å²) in [5.41, 5.74) is 0.975. The third kappa shape index (κ3) is 2.20. The molecule has 1 aliphatic heterocycles. The maximum Gasteiger partial charge on any atom is 0.199 e. The molecule has 6 heteroatoms. The van der Waals surface area contributed by atoms with Crippen LogP contribution in [0.2, 0.25) is 0 Å². The maximum atomic E-state index is 11.5. The molecule has 1 saturated heterocycles. The Bertz CT molecular complexity index is 692. The van der Waals surface area contributed by atoms with Gasteiger partial charge in [-0.05, 0) is 25.0 Å². The second-order valence-corrected chi connectivity index (χ2v) is 7.17. The first kappa shape index (κ1) is 12.5. The smallest absolute Gasteiger partial charge is 0.199 e. The van der Waals surface area contributed by atoms with E-state index in [2.05, 4.69) is 4.98 Å². The van der Waals surface area contributed by atoms with Gasteiger partial charge in [0.05, 0.1) is 30.3 Å². The Balaban J connectivity index is 2.02. The first-order chi connectivity index (χ1) is 9.11. The van der Waals surface area contributed by atoms with Gasteiger partial charge in [0.1, 0.15) is 15.7 Å². The van der Waals surface area contributed by atoms with E-state index in [4.69, 9.17) is 4.74 Å². The van der Waals surface area contributed by atoms with E-state index in [0.717, 1.165) is 17.2 Å². The molecular formula is C13H16N2O3S. The fraction of sp³-hybridized carbons (Fsp3) is 0.462. The Kier molecular flexibility index (Phi) is 2.97. The number of hydrogen-bond donors (Lipinski definition) is 0. The average molecular weight is 280 g/mol. The lowest BCUT2D eigenvalue weighted by atomic mass is 10.0. The van der Waals surface area contributed by atoms with E-state index < -0.39 is 9.84 Å². The van der Waals surface area contributed by atoms with Gasteiger partial charge in [-0.3, -0.25) is 4.40 Å². The molecule has 0 atom stereocenters. The van der Waals surface area contributed by atoms with Gasteiger partial charge in [0.15, 0.2) is 5.88 Å². The highest BCUT2D eigenvalue weighted by Gasteiger charge is 2.27. The summed E-state index contributed by atoms with van der Waals surface area (Å²) < 4.78 is 30.3. The van der Waals surface area contributed by atoms with E-state index in [0.29, 0.717) is 12.8 Å². The average Bonchev–Trinajstić information content (AvgIpc) is 2.82. The van der Waals surface area contributed by atoms with E-state index >= 15 is 0 Å². The third-order valence-corrected chi connectivity index (χ3v) is 5.39. The molecular weight excluding hydrogens is 264 g/mol. The molecule has 0 radical (unpaired) electrons. The van der Waals surface area contributed by atoms with Crippen LogP contribution < -0.4 is 4.74 Å². The molecule has 0 aromatic carbocycles. The Labute approximate surface area is 112 Å². The van der Waals surface area contributed by atoms with Gasteiger partial charge in [-0.2, -0.15) is 0 Å². The first-order valence-electron chi connectivity index (χ1n) is 6.31. The van der Waals surface area contributed by atoms with Crippen molar-refractivity contribution >= 4 is 15.4 Å². The summed E-state index contributed by atoms with van der Waals surface area (Å²) in [4.78, 5) is 4.46. The van der Waals surface area contributed by atoms with E-state index in [1.165, 1.54) is 0 Å². The molecule has 0 aliphatic carbocycles. The zero-order chi connectivity index (χ0) is 13.5. The number of sulfone groups is 1. The molecule has 3 heterocycles. The van der Waals surface area contributed by atoms with Gasteiger partial charge in [0.2, 0.25) is 0 Å². The standard InChI is InChI=1S/C13H16N2O3S/c1-18-12-4-2-3-11-9-14-13(15(11)12)10-5-7-19(16,17)8-6-10/h2-4,9-10H,5-8H2,1H3. The summed E-state index contributed by atoms with van der Waals surface area (Å²) in [7, 11) is -1.22. The van der Waals surface area contributed by atoms with E-state index in [1.807, 2.05) is 22.6 Å². The summed E-state index contributed by atoms with van der Waals surface area (Å²) in [6.07, 6.45) is 3.08. The van der Waals surface area contributed by atoms with Crippen LogP contribution in [0.25, 0.3) is 5.52 Å². The zero-order valence-electron chi connectivity index (χ0n) is 10.7. The number of rotatable bonds is 2. The molecule has 0 N–H and O–H groups in total. The number of imidazole rings is 1. The van der Waals surface area contributed by atoms with Crippen LogP contribution in [0.1, 0.15) is 24.6 Å². The van der Waals surface area contributed by atoms with Crippen LogP contribution in [0.4, 0.5) is 0 Å². The third-order valence-electron chi connectivity index (χ3n) is 3.67. The predicted octanol–water partition coefficient (Wildman–Crippen LogP) is 1.64. The fourth-order valence-corrected chi connectivity index (χ4v) is 4.13. The lowest BCUT2D eigenvalue weighted by molar-refractivity contribution is 0.387. The van der Waals surface area contributed by atoms with Crippen molar-refractivity contribution in [2.75, 3.05) is 18.6 Å². The monoisotopic (exact) mass is 280 g/mol. The molecule has 1 fully saturated rings. The van der Waals surface area contributed by atoms with E-state index in [1.54, 1.807) is 13.3 Å². The minimum Gasteiger partial charge on any atom is -0.482 e. The SMILES string of the molecule is COc1cccc2cnc(C3CCS(=O)(=O)CC3)n12. The summed E-state index contributed by atoms with van der Waals surface area (Å²) in [5.74, 6) is 2.33. The van der Waals surface area contributed by atoms with Crippen molar-refractivity contribution < 1.29 is 13.2 Å². The van der Waals surface area contributed by atoms with Crippen LogP contribution in [0, 0.1) is 0 Å². The van der Waals surface area contributed by atoms with E-state index in [9.17, 15) is 8.42 Å². The molecule has 19 heavy (non-hydrogen) atoms. The molecule has 0 amide bonds. The van der Waals surface area contributed by atoms with Crippen molar-refractivity contribution in [3.8, 4) is 5.88 Å². The molecule has 0 saturated carbocycles. The van der Waals surface area contributed by atoms with Gasteiger partial charge in [-0.15, -0.1) is 0 Å². The molecule has 2 aromatic rings. The normalized spacial score (nSPS) is 19.6. The molecule has 3 rings (SSSR count). The number of aromatic nitrogens is 2. The first-order valence-corrected chi connectivity index (χ1v) is 8.13. The van der Waals surface area contributed by atoms with Crippen LogP contribution in [0.5, 0.6) is 5.88 Å². The van der Waals surface area contributed by atoms with Crippen molar-refractivity contribution in [2.24, 2.45) is 0 Å². The van der Waals surface area contributed by atoms with Gasteiger partial charge in [-0.25, -0.2) is 13.4 Å². The lowest BCUT2D eigenvalue weighted by Crippen LogP contribution is -2.23. The molecule has 0 spiro atoms. The van der Waals surface area contributed by atoms with Crippen molar-refractivity contribution in [2.45, 2.75) is 18.8 Å². The maximum absolute atomic E-state index is 11.5. The lowest BCUT2D eigenvalue weighted by Gasteiger charge is -2.21. The molecule has 0 unspecified atom stereocenters. The molecule has 0 bridgehead atoms. The number of methoxy groups -OCH3 is 1. The second kappa shape index (κ2) is 4.52. The number of fused-ring (bicyclic) bond motifs is 1. The Hall–Kier alpha value is -1.56. The number of nitrogens with zero attached hydrogens (tertiary/aromatic N) is 2. The molecule has 2 aromatic heterocycles. The minimum absolute atomic E-state index is 0.183. The highest BCUT2D eigenvalue weighted by Crippen LogP contribution is 2.30. The van der Waals surface area contributed by atoms with Crippen molar-refractivity contribution in [3.63, 3.8) is 0 Å². The fourth-order valence-electron chi connectivity index (χ4n) is 2.64. The molecule has 1 aliphatic rings. The topological polar surface area (TPSA) is 60.7 Å². The minimum atomic E-state index is -2.84. The summed E-state index contributed by atoms with van der Waals surface area (Å²) in [5, 5.41) is 0. The highest BCUT2D eigenvalue weighted by atomic mass is 32.2. The highest BCUT2D eigenvalue weighted by molar-refractivity contribution is 7.91. The van der Waals surface area contributed by atoms with Gasteiger partial charge in [0, 0.05) is 5.92 Å². The Morgan fingerprint density at radius 2 is 2.05 bits per heavy atom. The largest absolute Gasteiger partial charge is 0.482 e. The van der Waals surface area contributed by atoms with Gasteiger partial charge in [-0.1, -0.05) is 6.07 Å². The number of pyridine rings is 1. The van der Waals surface area contributed by atoms with Gasteiger partial charge in [0.25, 0.3) is 0 Å². The van der Waals surface area contributed by atoms with Gasteiger partial charge >= 0.3 is 0 Å². The van der Waals surface area contributed by atoms with Crippen molar-refractivity contribution in [1.29, 1.82) is 0 Å². The summed E-state index contributed by atoms with van der Waals surface area (Å²) in [6.45, 7) is 0. The van der Waals surface area contributed by atoms with Crippen LogP contribution >= 0.6 is 0 Å². The van der Waals surface area contributed by atoms with Crippen molar-refractivity contribution in [1.82, 2.24) is 9.38 Å². The summed E-state index contributed by atoms with van der Waals surface area (Å²) in [6, 6.07) is 5.78. The van der Waals surface area contributed by atoms with E-state index in [-0.39, 0.29) is 17.4 Å².